The van der Waals surface area contributed by atoms with Gasteiger partial charge >= 0.3 is 0 Å². The van der Waals surface area contributed by atoms with E-state index in [1.165, 1.54) is 0 Å². The van der Waals surface area contributed by atoms with Crippen molar-refractivity contribution < 1.29 is 19.0 Å². The third-order valence-electron chi connectivity index (χ3n) is 3.22. The van der Waals surface area contributed by atoms with Crippen molar-refractivity contribution in [3.63, 3.8) is 0 Å². The molecule has 1 rings (SSSR count). The predicted octanol–water partition coefficient (Wildman–Crippen LogP) is 2.70. The summed E-state index contributed by atoms with van der Waals surface area (Å²) < 4.78 is 15.6. The third-order valence-corrected chi connectivity index (χ3v) is 3.22. The van der Waals surface area contributed by atoms with Crippen molar-refractivity contribution in [2.24, 2.45) is 0 Å². The minimum Gasteiger partial charge on any atom is -0.497 e. The lowest BCUT2D eigenvalue weighted by atomic mass is 9.92. The number of methoxy groups -OCH3 is 3. The van der Waals surface area contributed by atoms with Crippen LogP contribution in [0.2, 0.25) is 0 Å². The lowest BCUT2D eigenvalue weighted by Gasteiger charge is -2.25. The molecule has 0 amide bonds. The zero-order chi connectivity index (χ0) is 13.8. The Morgan fingerprint density at radius 3 is 1.94 bits per heavy atom. The molecule has 1 aromatic carbocycles. The lowest BCUT2D eigenvalue weighted by molar-refractivity contribution is 0.0106. The maximum absolute atomic E-state index is 12.4. The molecule has 0 radical (unpaired) electrons. The number of carbonyl (C=O) groups is 1. The molecule has 4 heteroatoms. The van der Waals surface area contributed by atoms with Crippen LogP contribution in [0.4, 0.5) is 0 Å². The fourth-order valence-electron chi connectivity index (χ4n) is 1.64. The second kappa shape index (κ2) is 5.87. The van der Waals surface area contributed by atoms with Gasteiger partial charge in [-0.1, -0.05) is 6.92 Å². The van der Waals surface area contributed by atoms with E-state index in [1.807, 2.05) is 6.92 Å². The zero-order valence-corrected chi connectivity index (χ0v) is 11.6. The smallest absolute Gasteiger partial charge is 0.194 e. The molecule has 0 aliphatic carbocycles. The highest BCUT2D eigenvalue weighted by molar-refractivity contribution is 6.02. The predicted molar refractivity (Wildman–Crippen MR) is 69.6 cm³/mol. The highest BCUT2D eigenvalue weighted by Gasteiger charge is 2.32. The molecule has 0 heterocycles. The minimum atomic E-state index is -0.822. The maximum atomic E-state index is 12.4. The first-order valence-electron chi connectivity index (χ1n) is 5.83. The second-order valence-electron chi connectivity index (χ2n) is 4.22. The van der Waals surface area contributed by atoms with Crippen molar-refractivity contribution in [3.05, 3.63) is 23.8 Å². The number of Topliss-reactive ketones (excluding diaryl/α,β-unsaturated/α-hetero) is 1. The van der Waals surface area contributed by atoms with E-state index in [4.69, 9.17) is 14.2 Å². The van der Waals surface area contributed by atoms with Crippen molar-refractivity contribution in [2.75, 3.05) is 21.3 Å². The zero-order valence-electron chi connectivity index (χ0n) is 11.6. The Morgan fingerprint density at radius 1 is 1.11 bits per heavy atom. The molecule has 0 saturated carbocycles. The van der Waals surface area contributed by atoms with Gasteiger partial charge in [-0.25, -0.2) is 0 Å². The number of hydrogen-bond donors (Lipinski definition) is 0. The largest absolute Gasteiger partial charge is 0.497 e. The summed E-state index contributed by atoms with van der Waals surface area (Å²) in [5, 5.41) is 0. The van der Waals surface area contributed by atoms with Crippen LogP contribution in [0.25, 0.3) is 0 Å². The summed E-state index contributed by atoms with van der Waals surface area (Å²) in [5.41, 5.74) is -0.297. The number of benzene rings is 1. The molecule has 0 spiro atoms. The lowest BCUT2D eigenvalue weighted by Crippen LogP contribution is -2.36. The van der Waals surface area contributed by atoms with Crippen molar-refractivity contribution in [2.45, 2.75) is 25.9 Å². The molecule has 18 heavy (non-hydrogen) atoms. The van der Waals surface area contributed by atoms with Crippen LogP contribution >= 0.6 is 0 Å². The summed E-state index contributed by atoms with van der Waals surface area (Å²) >= 11 is 0. The Hall–Kier alpha value is -1.55. The Morgan fingerprint density at radius 2 is 1.61 bits per heavy atom. The van der Waals surface area contributed by atoms with E-state index < -0.39 is 5.60 Å². The molecular formula is C14H20O4. The van der Waals surface area contributed by atoms with Gasteiger partial charge < -0.3 is 14.2 Å². The van der Waals surface area contributed by atoms with Gasteiger partial charge in [0.15, 0.2) is 5.78 Å². The molecule has 0 saturated heterocycles. The van der Waals surface area contributed by atoms with Crippen LogP contribution < -0.4 is 9.47 Å². The van der Waals surface area contributed by atoms with Gasteiger partial charge in [0, 0.05) is 18.7 Å². The number of ketones is 1. The van der Waals surface area contributed by atoms with E-state index in [0.29, 0.717) is 23.5 Å². The fraction of sp³-hybridized carbons (Fsp3) is 0.500. The quantitative estimate of drug-likeness (QED) is 0.730. The summed E-state index contributed by atoms with van der Waals surface area (Å²) in [6, 6.07) is 5.11. The van der Waals surface area contributed by atoms with Crippen molar-refractivity contribution in [1.82, 2.24) is 0 Å². The minimum absolute atomic E-state index is 0.0790. The number of hydrogen-bond acceptors (Lipinski definition) is 4. The van der Waals surface area contributed by atoms with Crippen molar-refractivity contribution in [1.29, 1.82) is 0 Å². The standard InChI is InChI=1S/C14H20O4/c1-6-14(2,18-5)13(15)10-7-11(16-3)9-12(8-10)17-4/h7-9H,6H2,1-5H3. The van der Waals surface area contributed by atoms with E-state index in [2.05, 4.69) is 0 Å². The first-order valence-corrected chi connectivity index (χ1v) is 5.83. The molecule has 0 fully saturated rings. The van der Waals surface area contributed by atoms with Crippen LogP contribution in [0.15, 0.2) is 18.2 Å². The summed E-state index contributed by atoms with van der Waals surface area (Å²) in [6.45, 7) is 3.69. The van der Waals surface area contributed by atoms with Gasteiger partial charge in [-0.2, -0.15) is 0 Å². The van der Waals surface area contributed by atoms with Crippen LogP contribution in [0.1, 0.15) is 30.6 Å². The van der Waals surface area contributed by atoms with E-state index in [9.17, 15) is 4.79 Å². The normalized spacial score (nSPS) is 13.8. The summed E-state index contributed by atoms with van der Waals surface area (Å²) in [5.74, 6) is 1.10. The third kappa shape index (κ3) is 2.82. The average molecular weight is 252 g/mol. The molecule has 0 N–H and O–H groups in total. The Kier molecular flexibility index (Phi) is 4.73. The topological polar surface area (TPSA) is 44.8 Å². The van der Waals surface area contributed by atoms with Gasteiger partial charge in [0.2, 0.25) is 0 Å². The molecule has 100 valence electrons. The fourth-order valence-corrected chi connectivity index (χ4v) is 1.64. The van der Waals surface area contributed by atoms with Gasteiger partial charge in [0.05, 0.1) is 14.2 Å². The van der Waals surface area contributed by atoms with Crippen LogP contribution in [-0.4, -0.2) is 32.7 Å². The van der Waals surface area contributed by atoms with Crippen LogP contribution in [0.5, 0.6) is 11.5 Å². The molecule has 1 unspecified atom stereocenters. The first kappa shape index (κ1) is 14.5. The van der Waals surface area contributed by atoms with Gasteiger partial charge in [-0.3, -0.25) is 4.79 Å². The number of carbonyl (C=O) groups excluding carboxylic acids is 1. The van der Waals surface area contributed by atoms with E-state index in [-0.39, 0.29) is 5.78 Å². The molecule has 1 atom stereocenters. The SMILES string of the molecule is CCC(C)(OC)C(=O)c1cc(OC)cc(OC)c1. The Balaban J connectivity index is 3.19. The summed E-state index contributed by atoms with van der Waals surface area (Å²) in [7, 11) is 4.65. The molecular weight excluding hydrogens is 232 g/mol. The van der Waals surface area contributed by atoms with Gasteiger partial charge in [0.25, 0.3) is 0 Å². The molecule has 0 bridgehead atoms. The maximum Gasteiger partial charge on any atom is 0.194 e. The Labute approximate surface area is 108 Å². The highest BCUT2D eigenvalue weighted by atomic mass is 16.5. The average Bonchev–Trinajstić information content (AvgIpc) is 2.44. The Bertz CT molecular complexity index is 400. The number of ether oxygens (including phenoxy) is 3. The second-order valence-corrected chi connectivity index (χ2v) is 4.22. The van der Waals surface area contributed by atoms with E-state index >= 15 is 0 Å². The molecule has 4 nitrogen and oxygen atoms in total. The summed E-state index contributed by atoms with van der Waals surface area (Å²) in [4.78, 5) is 12.4. The molecule has 0 aliphatic rings. The van der Waals surface area contributed by atoms with Gasteiger partial charge in [-0.15, -0.1) is 0 Å². The highest BCUT2D eigenvalue weighted by Crippen LogP contribution is 2.27. The molecule has 1 aromatic rings. The summed E-state index contributed by atoms with van der Waals surface area (Å²) in [6.07, 6.45) is 0.599. The van der Waals surface area contributed by atoms with Crippen LogP contribution in [-0.2, 0) is 4.74 Å². The van der Waals surface area contributed by atoms with Gasteiger partial charge in [0.1, 0.15) is 17.1 Å². The van der Waals surface area contributed by atoms with Crippen LogP contribution in [0, 0.1) is 0 Å². The first-order chi connectivity index (χ1) is 8.50. The molecule has 0 aromatic heterocycles. The van der Waals surface area contributed by atoms with Gasteiger partial charge in [-0.05, 0) is 25.5 Å². The van der Waals surface area contributed by atoms with Crippen molar-refractivity contribution >= 4 is 5.78 Å². The van der Waals surface area contributed by atoms with E-state index in [1.54, 1.807) is 46.5 Å². The van der Waals surface area contributed by atoms with Crippen LogP contribution in [0.3, 0.4) is 0 Å². The molecule has 0 aliphatic heterocycles. The van der Waals surface area contributed by atoms with Crippen molar-refractivity contribution in [3.8, 4) is 11.5 Å². The monoisotopic (exact) mass is 252 g/mol. The van der Waals surface area contributed by atoms with E-state index in [0.717, 1.165) is 0 Å². The number of rotatable bonds is 6.